The summed E-state index contributed by atoms with van der Waals surface area (Å²) < 4.78 is 35.2. The van der Waals surface area contributed by atoms with Crippen molar-refractivity contribution >= 4 is 5.91 Å². The summed E-state index contributed by atoms with van der Waals surface area (Å²) in [5, 5.41) is 4.76. The molecule has 0 unspecified atom stereocenters. The lowest BCUT2D eigenvalue weighted by Gasteiger charge is -2.40. The van der Waals surface area contributed by atoms with Crippen LogP contribution in [-0.4, -0.2) is 47.4 Å². The number of aromatic nitrogens is 2. The van der Waals surface area contributed by atoms with Gasteiger partial charge in [-0.15, -0.1) is 0 Å². The summed E-state index contributed by atoms with van der Waals surface area (Å²) in [6.07, 6.45) is 2.85. The second kappa shape index (κ2) is 11.6. The number of methoxy groups -OCH3 is 1. The molecule has 0 bridgehead atoms. The van der Waals surface area contributed by atoms with Gasteiger partial charge in [0.2, 0.25) is 5.91 Å². The minimum atomic E-state index is -0.588. The van der Waals surface area contributed by atoms with Crippen molar-refractivity contribution in [2.45, 2.75) is 39.7 Å². The van der Waals surface area contributed by atoms with Crippen LogP contribution < -0.4 is 5.73 Å². The van der Waals surface area contributed by atoms with Crippen molar-refractivity contribution in [3.05, 3.63) is 83.2 Å². The van der Waals surface area contributed by atoms with Crippen molar-refractivity contribution in [3.63, 3.8) is 0 Å². The fourth-order valence-corrected chi connectivity index (χ4v) is 4.28. The summed E-state index contributed by atoms with van der Waals surface area (Å²) in [5.41, 5.74) is 7.85. The van der Waals surface area contributed by atoms with Gasteiger partial charge in [0, 0.05) is 37.9 Å². The third-order valence-corrected chi connectivity index (χ3v) is 5.80. The second-order valence-electron chi connectivity index (χ2n) is 9.67. The number of rotatable bonds is 10. The van der Waals surface area contributed by atoms with Crippen LogP contribution in [-0.2, 0) is 16.0 Å². The third kappa shape index (κ3) is 6.52. The van der Waals surface area contributed by atoms with Crippen molar-refractivity contribution in [2.75, 3.05) is 26.8 Å². The van der Waals surface area contributed by atoms with Gasteiger partial charge in [0.05, 0.1) is 11.7 Å². The summed E-state index contributed by atoms with van der Waals surface area (Å²) >= 11 is 0. The van der Waals surface area contributed by atoms with E-state index in [4.69, 9.17) is 15.6 Å². The normalized spacial score (nSPS) is 12.5. The number of nitrogens with zero attached hydrogens (tertiary/aromatic N) is 3. The summed E-state index contributed by atoms with van der Waals surface area (Å²) in [6, 6.07) is 12.7. The van der Waals surface area contributed by atoms with Gasteiger partial charge in [-0.05, 0) is 36.1 Å². The molecule has 0 radical (unpaired) electrons. The van der Waals surface area contributed by atoms with E-state index in [1.54, 1.807) is 11.1 Å². The highest BCUT2D eigenvalue weighted by atomic mass is 19.1. The zero-order chi connectivity index (χ0) is 25.6. The summed E-state index contributed by atoms with van der Waals surface area (Å²) in [5.74, 6) is -1.33. The van der Waals surface area contributed by atoms with Crippen LogP contribution in [0.1, 0.15) is 50.1 Å². The van der Waals surface area contributed by atoms with Gasteiger partial charge in [-0.1, -0.05) is 51.1 Å². The highest BCUT2D eigenvalue weighted by Gasteiger charge is 2.38. The Morgan fingerprint density at radius 2 is 1.89 bits per heavy atom. The van der Waals surface area contributed by atoms with E-state index in [1.807, 2.05) is 51.1 Å². The molecule has 2 N–H and O–H groups in total. The standard InChI is InChI=1S/C27H34F2N4O2/c1-27(2,3)26(32(14-8-13-30)24(34)18-35-4)25-20(15-19-9-6-5-7-10-19)17-33(31-25)23-16-21(28)11-12-22(23)29/h5-7,9-12,16-17,26H,8,13-15,18,30H2,1-4H3/t26-/m0/s1. The van der Waals surface area contributed by atoms with E-state index in [2.05, 4.69) is 0 Å². The van der Waals surface area contributed by atoms with Crippen LogP contribution in [0.3, 0.4) is 0 Å². The topological polar surface area (TPSA) is 73.4 Å². The molecule has 35 heavy (non-hydrogen) atoms. The molecule has 1 amide bonds. The van der Waals surface area contributed by atoms with Gasteiger partial charge < -0.3 is 15.4 Å². The number of carbonyl (C=O) groups excluding carboxylic acids is 1. The lowest BCUT2D eigenvalue weighted by atomic mass is 9.81. The molecule has 3 aromatic rings. The maximum Gasteiger partial charge on any atom is 0.249 e. The Morgan fingerprint density at radius 1 is 1.17 bits per heavy atom. The highest BCUT2D eigenvalue weighted by molar-refractivity contribution is 5.78. The average molecular weight is 485 g/mol. The second-order valence-corrected chi connectivity index (χ2v) is 9.67. The first-order valence-corrected chi connectivity index (χ1v) is 11.7. The number of nitrogens with two attached hydrogens (primary N) is 1. The number of carbonyl (C=O) groups is 1. The Balaban J connectivity index is 2.20. The van der Waals surface area contributed by atoms with Crippen molar-refractivity contribution in [1.82, 2.24) is 14.7 Å². The van der Waals surface area contributed by atoms with Gasteiger partial charge in [0.15, 0.2) is 0 Å². The molecule has 1 aromatic heterocycles. The van der Waals surface area contributed by atoms with E-state index in [9.17, 15) is 13.6 Å². The first kappa shape index (κ1) is 26.5. The molecular weight excluding hydrogens is 450 g/mol. The molecule has 8 heteroatoms. The minimum Gasteiger partial charge on any atom is -0.375 e. The predicted octanol–water partition coefficient (Wildman–Crippen LogP) is 4.65. The van der Waals surface area contributed by atoms with Crippen molar-refractivity contribution < 1.29 is 18.3 Å². The first-order valence-electron chi connectivity index (χ1n) is 11.7. The third-order valence-electron chi connectivity index (χ3n) is 5.80. The van der Waals surface area contributed by atoms with Gasteiger partial charge in [0.25, 0.3) is 0 Å². The largest absolute Gasteiger partial charge is 0.375 e. The van der Waals surface area contributed by atoms with Crippen LogP contribution in [0.2, 0.25) is 0 Å². The zero-order valence-corrected chi connectivity index (χ0v) is 20.8. The van der Waals surface area contributed by atoms with Crippen LogP contribution in [0.25, 0.3) is 5.69 Å². The fourth-order valence-electron chi connectivity index (χ4n) is 4.28. The molecular formula is C27H34F2N4O2. The molecule has 0 spiro atoms. The van der Waals surface area contributed by atoms with E-state index in [0.717, 1.165) is 29.3 Å². The average Bonchev–Trinajstić information content (AvgIpc) is 3.20. The van der Waals surface area contributed by atoms with Gasteiger partial charge in [-0.3, -0.25) is 4.79 Å². The van der Waals surface area contributed by atoms with Crippen LogP contribution in [0.4, 0.5) is 8.78 Å². The van der Waals surface area contributed by atoms with E-state index in [0.29, 0.717) is 31.6 Å². The molecule has 0 aliphatic carbocycles. The Bertz CT molecular complexity index is 1130. The zero-order valence-electron chi connectivity index (χ0n) is 20.8. The molecule has 1 heterocycles. The Labute approximate surface area is 205 Å². The molecule has 188 valence electrons. The lowest BCUT2D eigenvalue weighted by molar-refractivity contribution is -0.140. The van der Waals surface area contributed by atoms with E-state index >= 15 is 0 Å². The van der Waals surface area contributed by atoms with Gasteiger partial charge in [-0.25, -0.2) is 13.5 Å². The number of benzene rings is 2. The van der Waals surface area contributed by atoms with Crippen LogP contribution >= 0.6 is 0 Å². The summed E-state index contributed by atoms with van der Waals surface area (Å²) in [7, 11) is 1.48. The molecule has 6 nitrogen and oxygen atoms in total. The molecule has 0 saturated heterocycles. The smallest absolute Gasteiger partial charge is 0.249 e. The fraction of sp³-hybridized carbons (Fsp3) is 0.407. The van der Waals surface area contributed by atoms with Crippen LogP contribution in [0.5, 0.6) is 0 Å². The monoisotopic (exact) mass is 484 g/mol. The first-order chi connectivity index (χ1) is 16.7. The van der Waals surface area contributed by atoms with Crippen LogP contribution in [0, 0.1) is 17.0 Å². The Morgan fingerprint density at radius 3 is 2.51 bits per heavy atom. The molecule has 0 aliphatic heterocycles. The van der Waals surface area contributed by atoms with E-state index in [-0.39, 0.29) is 18.2 Å². The minimum absolute atomic E-state index is 0.00921. The van der Waals surface area contributed by atoms with Crippen LogP contribution in [0.15, 0.2) is 54.7 Å². The van der Waals surface area contributed by atoms with Gasteiger partial charge in [0.1, 0.15) is 23.9 Å². The molecule has 2 aromatic carbocycles. The summed E-state index contributed by atoms with van der Waals surface area (Å²) in [6.45, 7) is 6.86. The number of hydrogen-bond donors (Lipinski definition) is 1. The summed E-state index contributed by atoms with van der Waals surface area (Å²) in [4.78, 5) is 14.9. The number of ether oxygens (including phenoxy) is 1. The number of halogens is 2. The highest BCUT2D eigenvalue weighted by Crippen LogP contribution is 2.40. The van der Waals surface area contributed by atoms with E-state index < -0.39 is 23.1 Å². The Hall–Kier alpha value is -3.10. The van der Waals surface area contributed by atoms with Crippen molar-refractivity contribution in [2.24, 2.45) is 11.1 Å². The van der Waals surface area contributed by atoms with E-state index in [1.165, 1.54) is 11.8 Å². The Kier molecular flexibility index (Phi) is 8.75. The molecule has 1 atom stereocenters. The molecule has 0 saturated carbocycles. The predicted molar refractivity (Wildman–Crippen MR) is 132 cm³/mol. The van der Waals surface area contributed by atoms with Crippen molar-refractivity contribution in [3.8, 4) is 5.69 Å². The van der Waals surface area contributed by atoms with Gasteiger partial charge >= 0.3 is 0 Å². The molecule has 3 rings (SSSR count). The SMILES string of the molecule is COCC(=O)N(CCCN)[C@@H](c1nn(-c2cc(F)ccc2F)cc1Cc1ccccc1)C(C)(C)C. The maximum absolute atomic E-state index is 14.7. The number of hydrogen-bond acceptors (Lipinski definition) is 4. The van der Waals surface area contributed by atoms with Gasteiger partial charge in [-0.2, -0.15) is 5.10 Å². The lowest BCUT2D eigenvalue weighted by Crippen LogP contribution is -2.44. The maximum atomic E-state index is 14.7. The molecule has 0 fully saturated rings. The number of amides is 1. The van der Waals surface area contributed by atoms with Crippen molar-refractivity contribution in [1.29, 1.82) is 0 Å². The quantitative estimate of drug-likeness (QED) is 0.455. The molecule has 0 aliphatic rings.